The molecule has 0 amide bonds. The van der Waals surface area contributed by atoms with Crippen molar-refractivity contribution in [2.75, 3.05) is 0 Å². The Morgan fingerprint density at radius 3 is 1.67 bits per heavy atom. The highest BCUT2D eigenvalue weighted by Gasteiger charge is 2.52. The third kappa shape index (κ3) is 3.87. The van der Waals surface area contributed by atoms with Crippen LogP contribution in [0.5, 0.6) is 11.5 Å². The maximum atomic E-state index is 7.08. The molecule has 256 valence electrons. The highest BCUT2D eigenvalue weighted by molar-refractivity contribution is 6.06. The minimum Gasteiger partial charge on any atom is -0.456 e. The zero-order chi connectivity index (χ0) is 36.1. The van der Waals surface area contributed by atoms with Gasteiger partial charge >= 0.3 is 0 Å². The summed E-state index contributed by atoms with van der Waals surface area (Å²) in [4.78, 5) is 0. The van der Waals surface area contributed by atoms with E-state index in [0.717, 1.165) is 33.8 Å². The number of para-hydroxylation sites is 2. The molecule has 0 saturated carbocycles. The van der Waals surface area contributed by atoms with Crippen molar-refractivity contribution in [2.24, 2.45) is 0 Å². The quantitative estimate of drug-likeness (QED) is 0.178. The third-order valence-electron chi connectivity index (χ3n) is 12.6. The molecule has 1 aliphatic heterocycles. The van der Waals surface area contributed by atoms with Gasteiger partial charge in [0.25, 0.3) is 0 Å². The van der Waals surface area contributed by atoms with E-state index in [1.807, 2.05) is 0 Å². The van der Waals surface area contributed by atoms with Crippen molar-refractivity contribution < 1.29 is 4.74 Å². The zero-order valence-electron chi connectivity index (χ0n) is 30.0. The summed E-state index contributed by atoms with van der Waals surface area (Å²) in [5.41, 5.74) is 16.6. The molecule has 12 rings (SSSR count). The van der Waals surface area contributed by atoms with E-state index in [0.29, 0.717) is 0 Å². The maximum absolute atomic E-state index is 7.08. The van der Waals surface area contributed by atoms with E-state index in [-0.39, 0.29) is 0 Å². The van der Waals surface area contributed by atoms with E-state index < -0.39 is 10.8 Å². The Balaban J connectivity index is 1.13. The predicted octanol–water partition coefficient (Wildman–Crippen LogP) is 13.3. The molecule has 0 saturated heterocycles. The van der Waals surface area contributed by atoms with Crippen LogP contribution in [0.2, 0.25) is 0 Å². The Morgan fingerprint density at radius 2 is 0.891 bits per heavy atom. The second-order valence-corrected chi connectivity index (χ2v) is 15.1. The van der Waals surface area contributed by atoms with Gasteiger partial charge in [-0.25, -0.2) is 0 Å². The molecule has 1 spiro atoms. The van der Waals surface area contributed by atoms with Gasteiger partial charge in [0.1, 0.15) is 11.5 Å². The van der Waals surface area contributed by atoms with Crippen molar-refractivity contribution in [3.8, 4) is 44.9 Å². The summed E-state index contributed by atoms with van der Waals surface area (Å²) in [5.74, 6) is 1.78. The summed E-state index contributed by atoms with van der Waals surface area (Å²) in [6.45, 7) is 0. The van der Waals surface area contributed by atoms with E-state index in [1.165, 1.54) is 66.4 Å². The lowest BCUT2D eigenvalue weighted by Gasteiger charge is -2.42. The Labute approximate surface area is 320 Å². The van der Waals surface area contributed by atoms with Crippen molar-refractivity contribution in [2.45, 2.75) is 10.8 Å². The van der Waals surface area contributed by atoms with Crippen LogP contribution in [0.15, 0.2) is 206 Å². The summed E-state index contributed by atoms with van der Waals surface area (Å²) in [6, 6.07) is 76.0. The minimum absolute atomic E-state index is 0.415. The SMILES string of the molecule is c1ccc(C2(c3ccccc3)c3ccccc3Oc3c(-c4ccc5c(c4)-c4ccccc4C54c5ccccc5-c5c4ccc4ccccc54)cccc32)cc1. The molecule has 3 aliphatic rings. The topological polar surface area (TPSA) is 9.23 Å². The smallest absolute Gasteiger partial charge is 0.140 e. The largest absolute Gasteiger partial charge is 0.456 e. The second-order valence-electron chi connectivity index (χ2n) is 15.1. The lowest BCUT2D eigenvalue weighted by Crippen LogP contribution is -2.34. The number of fused-ring (bicyclic) bond motifs is 14. The van der Waals surface area contributed by atoms with Crippen molar-refractivity contribution in [3.05, 3.63) is 251 Å². The Kier molecular flexibility index (Phi) is 6.25. The molecule has 0 N–H and O–H groups in total. The highest BCUT2D eigenvalue weighted by atomic mass is 16.5. The van der Waals surface area contributed by atoms with Gasteiger partial charge in [0, 0.05) is 16.7 Å². The number of hydrogen-bond donors (Lipinski definition) is 0. The van der Waals surface area contributed by atoms with Crippen LogP contribution in [0.1, 0.15) is 44.5 Å². The molecular weight excluding hydrogens is 665 g/mol. The number of ether oxygens (including phenoxy) is 1. The average Bonchev–Trinajstić information content (AvgIpc) is 3.73. The normalized spacial score (nSPS) is 16.4. The van der Waals surface area contributed by atoms with Crippen molar-refractivity contribution in [3.63, 3.8) is 0 Å². The van der Waals surface area contributed by atoms with Gasteiger partial charge in [0.15, 0.2) is 0 Å². The van der Waals surface area contributed by atoms with Crippen LogP contribution in [-0.2, 0) is 10.8 Å². The molecule has 9 aromatic rings. The van der Waals surface area contributed by atoms with E-state index in [2.05, 4.69) is 206 Å². The Hall–Kier alpha value is -6.96. The molecule has 0 bridgehead atoms. The maximum Gasteiger partial charge on any atom is 0.140 e. The molecule has 0 radical (unpaired) electrons. The molecule has 1 heteroatoms. The Morgan fingerprint density at radius 1 is 0.327 bits per heavy atom. The van der Waals surface area contributed by atoms with Crippen molar-refractivity contribution in [1.29, 1.82) is 0 Å². The van der Waals surface area contributed by atoms with E-state index in [4.69, 9.17) is 4.74 Å². The molecule has 0 fully saturated rings. The molecule has 55 heavy (non-hydrogen) atoms. The molecule has 1 atom stereocenters. The second kappa shape index (κ2) is 11.3. The van der Waals surface area contributed by atoms with Gasteiger partial charge in [0.2, 0.25) is 0 Å². The van der Waals surface area contributed by atoms with Gasteiger partial charge in [0.05, 0.1) is 10.8 Å². The fourth-order valence-electron chi connectivity index (χ4n) is 10.5. The number of hydrogen-bond acceptors (Lipinski definition) is 1. The third-order valence-corrected chi connectivity index (χ3v) is 12.6. The van der Waals surface area contributed by atoms with Gasteiger partial charge in [-0.3, -0.25) is 0 Å². The summed E-state index contributed by atoms with van der Waals surface area (Å²) in [7, 11) is 0. The van der Waals surface area contributed by atoms with Crippen LogP contribution in [0.3, 0.4) is 0 Å². The molecule has 2 aliphatic carbocycles. The zero-order valence-corrected chi connectivity index (χ0v) is 30.0. The van der Waals surface area contributed by atoms with Crippen LogP contribution >= 0.6 is 0 Å². The number of rotatable bonds is 3. The lowest BCUT2D eigenvalue weighted by atomic mass is 9.63. The van der Waals surface area contributed by atoms with Crippen LogP contribution in [0.25, 0.3) is 44.2 Å². The molecule has 1 heterocycles. The first-order valence-corrected chi connectivity index (χ1v) is 19.2. The first kappa shape index (κ1) is 30.5. The fraction of sp³-hybridized carbons (Fsp3) is 0.0370. The van der Waals surface area contributed by atoms with Gasteiger partial charge < -0.3 is 4.74 Å². The minimum atomic E-state index is -0.573. The fourth-order valence-corrected chi connectivity index (χ4v) is 10.5. The summed E-state index contributed by atoms with van der Waals surface area (Å²) < 4.78 is 7.08. The van der Waals surface area contributed by atoms with Gasteiger partial charge in [-0.05, 0) is 84.1 Å². The molecule has 9 aromatic carbocycles. The molecular formula is C54H34O. The van der Waals surface area contributed by atoms with Crippen LogP contribution < -0.4 is 4.74 Å². The van der Waals surface area contributed by atoms with Crippen molar-refractivity contribution >= 4 is 10.8 Å². The molecule has 1 nitrogen and oxygen atoms in total. The van der Waals surface area contributed by atoms with Gasteiger partial charge in [-0.15, -0.1) is 0 Å². The average molecular weight is 699 g/mol. The van der Waals surface area contributed by atoms with Gasteiger partial charge in [-0.2, -0.15) is 0 Å². The van der Waals surface area contributed by atoms with E-state index in [1.54, 1.807) is 0 Å². The highest BCUT2D eigenvalue weighted by Crippen LogP contribution is 2.64. The van der Waals surface area contributed by atoms with Gasteiger partial charge in [-0.1, -0.05) is 194 Å². The first-order valence-electron chi connectivity index (χ1n) is 19.2. The van der Waals surface area contributed by atoms with Crippen LogP contribution in [0.4, 0.5) is 0 Å². The monoisotopic (exact) mass is 698 g/mol. The van der Waals surface area contributed by atoms with Crippen LogP contribution in [0, 0.1) is 0 Å². The first-order chi connectivity index (χ1) is 27.3. The summed E-state index contributed by atoms with van der Waals surface area (Å²) in [5, 5.41) is 2.58. The van der Waals surface area contributed by atoms with Crippen molar-refractivity contribution in [1.82, 2.24) is 0 Å². The Bertz CT molecular complexity index is 2970. The molecule has 1 unspecified atom stereocenters. The predicted molar refractivity (Wildman–Crippen MR) is 224 cm³/mol. The number of benzene rings is 9. The van der Waals surface area contributed by atoms with E-state index >= 15 is 0 Å². The standard InChI is InChI=1S/C54H34O/c1-3-17-37(18-4-1)53(38-19-5-2-6-20-38)47-27-13-14-29-50(47)55-52-40(24-15-28-49(52)53)36-31-32-46-43(34-36)41-22-9-11-25-44(41)54(46)45-26-12-10-23-42(45)51-39-21-8-7-16-35(39)30-33-48(51)54/h1-34H. The summed E-state index contributed by atoms with van der Waals surface area (Å²) in [6.07, 6.45) is 0. The van der Waals surface area contributed by atoms with Crippen LogP contribution in [-0.4, -0.2) is 0 Å². The summed E-state index contributed by atoms with van der Waals surface area (Å²) >= 11 is 0. The lowest BCUT2D eigenvalue weighted by molar-refractivity contribution is 0.436. The van der Waals surface area contributed by atoms with E-state index in [9.17, 15) is 0 Å². The molecule has 0 aromatic heterocycles.